The summed E-state index contributed by atoms with van der Waals surface area (Å²) in [7, 11) is 0. The first-order valence-corrected chi connectivity index (χ1v) is 5.62. The van der Waals surface area contributed by atoms with Crippen LogP contribution < -0.4 is 0 Å². The fourth-order valence-electron chi connectivity index (χ4n) is 2.10. The zero-order valence-electron chi connectivity index (χ0n) is 9.80. The van der Waals surface area contributed by atoms with E-state index in [0.717, 1.165) is 0 Å². The van der Waals surface area contributed by atoms with Gasteiger partial charge < -0.3 is 9.84 Å². The highest BCUT2D eigenvalue weighted by Crippen LogP contribution is 2.28. The van der Waals surface area contributed by atoms with Crippen LogP contribution in [0.4, 0.5) is 0 Å². The van der Waals surface area contributed by atoms with Crippen LogP contribution in [0, 0.1) is 0 Å². The highest BCUT2D eigenvalue weighted by molar-refractivity contribution is 5.80. The molecular formula is C12H16N2O3. The van der Waals surface area contributed by atoms with Crippen LogP contribution >= 0.6 is 0 Å². The highest BCUT2D eigenvalue weighted by Gasteiger charge is 2.42. The number of ether oxygens (including phenoxy) is 1. The minimum Gasteiger partial charge on any atom is -0.480 e. The molecule has 5 heteroatoms. The van der Waals surface area contributed by atoms with E-state index in [2.05, 4.69) is 4.98 Å². The third-order valence-electron chi connectivity index (χ3n) is 3.28. The van der Waals surface area contributed by atoms with Crippen molar-refractivity contribution in [2.45, 2.75) is 12.5 Å². The van der Waals surface area contributed by atoms with Crippen molar-refractivity contribution in [2.75, 3.05) is 26.3 Å². The van der Waals surface area contributed by atoms with E-state index in [1.54, 1.807) is 31.5 Å². The Morgan fingerprint density at radius 3 is 2.76 bits per heavy atom. The standard InChI is InChI=1S/C12H16N2O3/c1-12(11(15)16,10-3-2-4-13-9-10)14-5-7-17-8-6-14/h2-4,9H,5-8H2,1H3,(H,15,16). The summed E-state index contributed by atoms with van der Waals surface area (Å²) < 4.78 is 5.26. The Bertz CT molecular complexity index is 390. The van der Waals surface area contributed by atoms with E-state index >= 15 is 0 Å². The SMILES string of the molecule is CC(C(=O)O)(c1cccnc1)N1CCOCC1. The van der Waals surface area contributed by atoms with Crippen LogP contribution in [0.2, 0.25) is 0 Å². The van der Waals surface area contributed by atoms with Gasteiger partial charge in [0.25, 0.3) is 0 Å². The van der Waals surface area contributed by atoms with Crippen molar-refractivity contribution in [1.29, 1.82) is 0 Å². The summed E-state index contributed by atoms with van der Waals surface area (Å²) in [5.41, 5.74) is -0.327. The Labute approximate surface area is 100 Å². The number of nitrogens with zero attached hydrogens (tertiary/aromatic N) is 2. The second-order valence-corrected chi connectivity index (χ2v) is 4.22. The topological polar surface area (TPSA) is 62.7 Å². The minimum absolute atomic E-state index is 0.573. The molecule has 0 spiro atoms. The molecular weight excluding hydrogens is 220 g/mol. The summed E-state index contributed by atoms with van der Waals surface area (Å²) in [6, 6.07) is 3.56. The molecule has 1 aliphatic rings. The first kappa shape index (κ1) is 12.0. The quantitative estimate of drug-likeness (QED) is 0.837. The Morgan fingerprint density at radius 2 is 2.24 bits per heavy atom. The van der Waals surface area contributed by atoms with Gasteiger partial charge in [0, 0.05) is 31.0 Å². The molecule has 0 aliphatic carbocycles. The minimum atomic E-state index is -1.03. The van der Waals surface area contributed by atoms with Crippen molar-refractivity contribution in [3.63, 3.8) is 0 Å². The van der Waals surface area contributed by atoms with Crippen LogP contribution in [-0.4, -0.2) is 47.3 Å². The molecule has 0 amide bonds. The van der Waals surface area contributed by atoms with Gasteiger partial charge in [0.15, 0.2) is 0 Å². The second-order valence-electron chi connectivity index (χ2n) is 4.22. The lowest BCUT2D eigenvalue weighted by atomic mass is 9.91. The Kier molecular flexibility index (Phi) is 3.40. The van der Waals surface area contributed by atoms with Crippen molar-refractivity contribution in [3.8, 4) is 0 Å². The molecule has 0 aromatic carbocycles. The normalized spacial score (nSPS) is 20.8. The maximum atomic E-state index is 11.6. The summed E-state index contributed by atoms with van der Waals surface area (Å²) in [5, 5.41) is 9.53. The number of carboxylic acids is 1. The molecule has 1 unspecified atom stereocenters. The largest absolute Gasteiger partial charge is 0.480 e. The van der Waals surface area contributed by atoms with Crippen LogP contribution in [0.5, 0.6) is 0 Å². The molecule has 1 fully saturated rings. The number of morpholine rings is 1. The number of carbonyl (C=O) groups is 1. The zero-order valence-corrected chi connectivity index (χ0v) is 9.80. The first-order valence-electron chi connectivity index (χ1n) is 5.62. The molecule has 1 aromatic heterocycles. The van der Waals surface area contributed by atoms with E-state index in [9.17, 15) is 9.90 Å². The van der Waals surface area contributed by atoms with Crippen LogP contribution in [-0.2, 0) is 15.1 Å². The third-order valence-corrected chi connectivity index (χ3v) is 3.28. The molecule has 1 N–H and O–H groups in total. The van der Waals surface area contributed by atoms with Crippen molar-refractivity contribution in [1.82, 2.24) is 9.88 Å². The van der Waals surface area contributed by atoms with Crippen LogP contribution in [0.25, 0.3) is 0 Å². The Balaban J connectivity index is 2.35. The van der Waals surface area contributed by atoms with E-state index in [1.165, 1.54) is 0 Å². The van der Waals surface area contributed by atoms with Gasteiger partial charge in [0.2, 0.25) is 0 Å². The molecule has 0 saturated carbocycles. The molecule has 92 valence electrons. The summed E-state index contributed by atoms with van der Waals surface area (Å²) in [4.78, 5) is 17.5. The smallest absolute Gasteiger partial charge is 0.328 e. The van der Waals surface area contributed by atoms with Gasteiger partial charge in [-0.3, -0.25) is 9.88 Å². The number of carboxylic acid groups (broad SMARTS) is 1. The monoisotopic (exact) mass is 236 g/mol. The maximum absolute atomic E-state index is 11.6. The fourth-order valence-corrected chi connectivity index (χ4v) is 2.10. The van der Waals surface area contributed by atoms with Crippen molar-refractivity contribution < 1.29 is 14.6 Å². The summed E-state index contributed by atoms with van der Waals surface area (Å²) in [6.45, 7) is 4.11. The van der Waals surface area contributed by atoms with Crippen LogP contribution in [0.15, 0.2) is 24.5 Å². The third kappa shape index (κ3) is 2.16. The van der Waals surface area contributed by atoms with E-state index in [1.807, 2.05) is 4.90 Å². The highest BCUT2D eigenvalue weighted by atomic mass is 16.5. The van der Waals surface area contributed by atoms with E-state index < -0.39 is 11.5 Å². The lowest BCUT2D eigenvalue weighted by Gasteiger charge is -2.40. The maximum Gasteiger partial charge on any atom is 0.328 e. The lowest BCUT2D eigenvalue weighted by molar-refractivity contribution is -0.154. The van der Waals surface area contributed by atoms with Crippen LogP contribution in [0.3, 0.4) is 0 Å². The van der Waals surface area contributed by atoms with Crippen molar-refractivity contribution >= 4 is 5.97 Å². The van der Waals surface area contributed by atoms with E-state index in [4.69, 9.17) is 4.74 Å². The summed E-state index contributed by atoms with van der Waals surface area (Å²) in [6.07, 6.45) is 3.26. The Hall–Kier alpha value is -1.46. The fraction of sp³-hybridized carbons (Fsp3) is 0.500. The molecule has 1 atom stereocenters. The molecule has 0 bridgehead atoms. The number of rotatable bonds is 3. The number of hydrogen-bond donors (Lipinski definition) is 1. The molecule has 1 aliphatic heterocycles. The van der Waals surface area contributed by atoms with Crippen molar-refractivity contribution in [3.05, 3.63) is 30.1 Å². The van der Waals surface area contributed by atoms with Gasteiger partial charge in [0.05, 0.1) is 13.2 Å². The molecule has 1 saturated heterocycles. The predicted octanol–water partition coefficient (Wildman–Crippen LogP) is 0.714. The summed E-state index contributed by atoms with van der Waals surface area (Å²) >= 11 is 0. The molecule has 0 radical (unpaired) electrons. The number of aliphatic carboxylic acids is 1. The van der Waals surface area contributed by atoms with Gasteiger partial charge >= 0.3 is 5.97 Å². The Morgan fingerprint density at radius 1 is 1.53 bits per heavy atom. The number of aromatic nitrogens is 1. The second kappa shape index (κ2) is 4.81. The van der Waals surface area contributed by atoms with Gasteiger partial charge in [0.1, 0.15) is 5.54 Å². The molecule has 2 rings (SSSR count). The van der Waals surface area contributed by atoms with Crippen molar-refractivity contribution in [2.24, 2.45) is 0 Å². The first-order chi connectivity index (χ1) is 8.15. The number of hydrogen-bond acceptors (Lipinski definition) is 4. The van der Waals surface area contributed by atoms with Crippen LogP contribution in [0.1, 0.15) is 12.5 Å². The van der Waals surface area contributed by atoms with Gasteiger partial charge in [-0.15, -0.1) is 0 Å². The average Bonchev–Trinajstić information content (AvgIpc) is 2.39. The van der Waals surface area contributed by atoms with Gasteiger partial charge in [-0.1, -0.05) is 6.07 Å². The molecule has 17 heavy (non-hydrogen) atoms. The number of pyridine rings is 1. The summed E-state index contributed by atoms with van der Waals surface area (Å²) in [5.74, 6) is -0.854. The molecule has 1 aromatic rings. The average molecular weight is 236 g/mol. The zero-order chi connectivity index (χ0) is 12.3. The van der Waals surface area contributed by atoms with E-state index in [0.29, 0.717) is 31.9 Å². The van der Waals surface area contributed by atoms with Gasteiger partial charge in [-0.2, -0.15) is 0 Å². The van der Waals surface area contributed by atoms with Gasteiger partial charge in [-0.05, 0) is 13.0 Å². The molecule has 5 nitrogen and oxygen atoms in total. The molecule has 2 heterocycles. The van der Waals surface area contributed by atoms with E-state index in [-0.39, 0.29) is 0 Å². The van der Waals surface area contributed by atoms with Gasteiger partial charge in [-0.25, -0.2) is 4.79 Å². The predicted molar refractivity (Wildman–Crippen MR) is 61.6 cm³/mol. The lowest BCUT2D eigenvalue weighted by Crippen LogP contribution is -2.54.